The van der Waals surface area contributed by atoms with E-state index in [9.17, 15) is 9.59 Å². The average molecular weight is 469 g/mol. The summed E-state index contributed by atoms with van der Waals surface area (Å²) >= 11 is 6.19. The Hall–Kier alpha value is -3.32. The molecule has 2 aliphatic heterocycles. The lowest BCUT2D eigenvalue weighted by molar-refractivity contribution is -0.134. The fraction of sp³-hybridized carbons (Fsp3) is 0.320. The molecule has 0 radical (unpaired) electrons. The van der Waals surface area contributed by atoms with Crippen molar-refractivity contribution in [2.24, 2.45) is 4.99 Å². The number of piperidine rings is 1. The molecule has 0 aromatic heterocycles. The van der Waals surface area contributed by atoms with E-state index >= 15 is 0 Å². The standard InChI is InChI=1S/C25H25ClN2O5/c1-2-31-22-15-17(10-11-21(22)32-16-23(29)28-12-6-3-7-13-28)14-20-25(30)33-24(27-20)18-8-4-5-9-19(18)26/h4-5,8-11,14-15H,2-3,6-7,12-13,16H2,1H3/b20-14-. The van der Waals surface area contributed by atoms with Crippen LogP contribution in [0.2, 0.25) is 5.02 Å². The number of ether oxygens (including phenoxy) is 3. The molecule has 2 heterocycles. The van der Waals surface area contributed by atoms with Gasteiger partial charge in [-0.3, -0.25) is 4.79 Å². The van der Waals surface area contributed by atoms with Gasteiger partial charge in [-0.2, -0.15) is 0 Å². The van der Waals surface area contributed by atoms with Crippen LogP contribution < -0.4 is 9.47 Å². The maximum atomic E-state index is 12.4. The highest BCUT2D eigenvalue weighted by Crippen LogP contribution is 2.31. The number of halogens is 1. The van der Waals surface area contributed by atoms with E-state index in [-0.39, 0.29) is 24.1 Å². The Balaban J connectivity index is 1.51. The highest BCUT2D eigenvalue weighted by atomic mass is 35.5. The molecule has 0 N–H and O–H groups in total. The van der Waals surface area contributed by atoms with Crippen LogP contribution in [0, 0.1) is 0 Å². The molecule has 8 heteroatoms. The SMILES string of the molecule is CCOc1cc(/C=C2\N=C(c3ccccc3Cl)OC2=O)ccc1OCC(=O)N1CCCCC1. The van der Waals surface area contributed by atoms with E-state index in [1.807, 2.05) is 11.8 Å². The molecule has 1 fully saturated rings. The van der Waals surface area contributed by atoms with Gasteiger partial charge in [0.1, 0.15) is 0 Å². The number of esters is 1. The number of benzene rings is 2. The molecule has 1 saturated heterocycles. The van der Waals surface area contributed by atoms with E-state index in [0.717, 1.165) is 32.4 Å². The third kappa shape index (κ3) is 5.54. The molecule has 2 aromatic carbocycles. The Morgan fingerprint density at radius 2 is 1.91 bits per heavy atom. The Bertz CT molecular complexity index is 1110. The molecule has 0 spiro atoms. The fourth-order valence-electron chi connectivity index (χ4n) is 3.69. The van der Waals surface area contributed by atoms with Gasteiger partial charge in [0.05, 0.1) is 17.2 Å². The van der Waals surface area contributed by atoms with Gasteiger partial charge in [0.25, 0.3) is 5.91 Å². The first-order valence-electron chi connectivity index (χ1n) is 11.0. The molecule has 33 heavy (non-hydrogen) atoms. The summed E-state index contributed by atoms with van der Waals surface area (Å²) in [6.07, 6.45) is 4.83. The van der Waals surface area contributed by atoms with Crippen LogP contribution in [0.1, 0.15) is 37.3 Å². The molecule has 0 bridgehead atoms. The number of cyclic esters (lactones) is 1. The maximum Gasteiger partial charge on any atom is 0.363 e. The lowest BCUT2D eigenvalue weighted by atomic mass is 10.1. The van der Waals surface area contributed by atoms with Gasteiger partial charge in [-0.15, -0.1) is 0 Å². The molecule has 0 atom stereocenters. The number of carbonyl (C=O) groups is 2. The predicted molar refractivity (Wildman–Crippen MR) is 126 cm³/mol. The largest absolute Gasteiger partial charge is 0.490 e. The second kappa shape index (κ2) is 10.5. The van der Waals surface area contributed by atoms with Crippen LogP contribution >= 0.6 is 11.6 Å². The van der Waals surface area contributed by atoms with E-state index < -0.39 is 5.97 Å². The fourth-order valence-corrected chi connectivity index (χ4v) is 3.91. The van der Waals surface area contributed by atoms with Crippen molar-refractivity contribution in [1.82, 2.24) is 4.90 Å². The number of rotatable bonds is 7. The Labute approximate surface area is 197 Å². The lowest BCUT2D eigenvalue weighted by Gasteiger charge is -2.26. The Morgan fingerprint density at radius 1 is 1.12 bits per heavy atom. The summed E-state index contributed by atoms with van der Waals surface area (Å²) in [5, 5.41) is 0.449. The lowest BCUT2D eigenvalue weighted by Crippen LogP contribution is -2.38. The normalized spacial score (nSPS) is 17.0. The smallest absolute Gasteiger partial charge is 0.363 e. The van der Waals surface area contributed by atoms with E-state index in [1.165, 1.54) is 0 Å². The van der Waals surface area contributed by atoms with Gasteiger partial charge in [-0.05, 0) is 62.1 Å². The molecular formula is C25H25ClN2O5. The van der Waals surface area contributed by atoms with Crippen LogP contribution in [0.25, 0.3) is 6.08 Å². The minimum absolute atomic E-state index is 0.0292. The van der Waals surface area contributed by atoms with Crippen LogP contribution in [0.4, 0.5) is 0 Å². The predicted octanol–water partition coefficient (Wildman–Crippen LogP) is 4.47. The third-order valence-electron chi connectivity index (χ3n) is 5.36. The van der Waals surface area contributed by atoms with Crippen molar-refractivity contribution < 1.29 is 23.8 Å². The molecule has 7 nitrogen and oxygen atoms in total. The molecule has 0 saturated carbocycles. The number of carbonyl (C=O) groups excluding carboxylic acids is 2. The quantitative estimate of drug-likeness (QED) is 0.442. The highest BCUT2D eigenvalue weighted by molar-refractivity contribution is 6.34. The molecule has 0 unspecified atom stereocenters. The zero-order valence-electron chi connectivity index (χ0n) is 18.4. The summed E-state index contributed by atoms with van der Waals surface area (Å²) in [6.45, 7) is 3.80. The molecule has 2 aliphatic rings. The molecule has 172 valence electrons. The number of nitrogens with zero attached hydrogens (tertiary/aromatic N) is 2. The van der Waals surface area contributed by atoms with Gasteiger partial charge < -0.3 is 19.1 Å². The van der Waals surface area contributed by atoms with Gasteiger partial charge in [0.15, 0.2) is 23.8 Å². The van der Waals surface area contributed by atoms with Crippen molar-refractivity contribution in [3.63, 3.8) is 0 Å². The number of hydrogen-bond donors (Lipinski definition) is 0. The topological polar surface area (TPSA) is 77.4 Å². The van der Waals surface area contributed by atoms with E-state index in [1.54, 1.807) is 48.5 Å². The van der Waals surface area contributed by atoms with Gasteiger partial charge in [-0.1, -0.05) is 29.8 Å². The summed E-state index contributed by atoms with van der Waals surface area (Å²) < 4.78 is 16.8. The maximum absolute atomic E-state index is 12.4. The molecule has 1 amide bonds. The van der Waals surface area contributed by atoms with Crippen molar-refractivity contribution in [2.75, 3.05) is 26.3 Å². The minimum Gasteiger partial charge on any atom is -0.490 e. The monoisotopic (exact) mass is 468 g/mol. The highest BCUT2D eigenvalue weighted by Gasteiger charge is 2.25. The van der Waals surface area contributed by atoms with E-state index in [0.29, 0.717) is 34.3 Å². The van der Waals surface area contributed by atoms with Crippen molar-refractivity contribution in [2.45, 2.75) is 26.2 Å². The molecule has 4 rings (SSSR count). The van der Waals surface area contributed by atoms with Crippen molar-refractivity contribution in [3.8, 4) is 11.5 Å². The summed E-state index contributed by atoms with van der Waals surface area (Å²) in [4.78, 5) is 30.9. The first kappa shape index (κ1) is 22.9. The second-order valence-corrected chi connectivity index (χ2v) is 8.09. The molecular weight excluding hydrogens is 444 g/mol. The summed E-state index contributed by atoms with van der Waals surface area (Å²) in [6, 6.07) is 12.3. The van der Waals surface area contributed by atoms with Gasteiger partial charge in [0, 0.05) is 13.1 Å². The average Bonchev–Trinajstić information content (AvgIpc) is 3.19. The van der Waals surface area contributed by atoms with E-state index in [2.05, 4.69) is 4.99 Å². The molecule has 0 aliphatic carbocycles. The number of likely N-dealkylation sites (tertiary alicyclic amines) is 1. The van der Waals surface area contributed by atoms with Gasteiger partial charge >= 0.3 is 5.97 Å². The van der Waals surface area contributed by atoms with Gasteiger partial charge in [0.2, 0.25) is 5.90 Å². The van der Waals surface area contributed by atoms with Crippen molar-refractivity contribution >= 4 is 35.5 Å². The van der Waals surface area contributed by atoms with Crippen molar-refractivity contribution in [1.29, 1.82) is 0 Å². The van der Waals surface area contributed by atoms with Crippen LogP contribution in [0.3, 0.4) is 0 Å². The minimum atomic E-state index is -0.560. The number of hydrogen-bond acceptors (Lipinski definition) is 6. The zero-order chi connectivity index (χ0) is 23.2. The first-order valence-corrected chi connectivity index (χ1v) is 11.4. The molecule has 2 aromatic rings. The Morgan fingerprint density at radius 3 is 2.67 bits per heavy atom. The van der Waals surface area contributed by atoms with Crippen LogP contribution in [-0.4, -0.2) is 49.0 Å². The third-order valence-corrected chi connectivity index (χ3v) is 5.69. The number of amides is 1. The first-order chi connectivity index (χ1) is 16.0. The summed E-state index contributed by atoms with van der Waals surface area (Å²) in [7, 11) is 0. The van der Waals surface area contributed by atoms with Crippen molar-refractivity contribution in [3.05, 3.63) is 64.3 Å². The summed E-state index contributed by atoms with van der Waals surface area (Å²) in [5.74, 6) is 0.533. The van der Waals surface area contributed by atoms with Crippen LogP contribution in [0.15, 0.2) is 53.2 Å². The van der Waals surface area contributed by atoms with Crippen LogP contribution in [0.5, 0.6) is 11.5 Å². The van der Waals surface area contributed by atoms with Crippen LogP contribution in [-0.2, 0) is 14.3 Å². The Kier molecular flexibility index (Phi) is 7.29. The second-order valence-electron chi connectivity index (χ2n) is 7.69. The number of aliphatic imine (C=N–C) groups is 1. The summed E-state index contributed by atoms with van der Waals surface area (Å²) in [5.41, 5.74) is 1.39. The van der Waals surface area contributed by atoms with E-state index in [4.69, 9.17) is 25.8 Å². The van der Waals surface area contributed by atoms with Gasteiger partial charge in [-0.25, -0.2) is 9.79 Å². The zero-order valence-corrected chi connectivity index (χ0v) is 19.1.